The highest BCUT2D eigenvalue weighted by Gasteiger charge is 2.28. The Balaban J connectivity index is 1.97. The number of thioether (sulfide) groups is 1. The second-order valence-corrected chi connectivity index (χ2v) is 7.59. The average Bonchev–Trinajstić information content (AvgIpc) is 3.02. The highest BCUT2D eigenvalue weighted by atomic mass is 32.2. The largest absolute Gasteiger partial charge is 0.398 e. The summed E-state index contributed by atoms with van der Waals surface area (Å²) >= 11 is 0.543. The molecule has 1 fully saturated rings. The van der Waals surface area contributed by atoms with E-state index in [4.69, 9.17) is 0 Å². The van der Waals surface area contributed by atoms with Gasteiger partial charge in [0.2, 0.25) is 5.91 Å². The monoisotopic (exact) mass is 417 g/mol. The fourth-order valence-electron chi connectivity index (χ4n) is 2.69. The van der Waals surface area contributed by atoms with Crippen LogP contribution in [0, 0.1) is 6.92 Å². The first-order chi connectivity index (χ1) is 13.1. The lowest BCUT2D eigenvalue weighted by atomic mass is 10.2. The lowest BCUT2D eigenvalue weighted by Gasteiger charge is -2.21. The predicted molar refractivity (Wildman–Crippen MR) is 100 cm³/mol. The molecule has 1 aliphatic heterocycles. The summed E-state index contributed by atoms with van der Waals surface area (Å²) < 4.78 is 37.5. The van der Waals surface area contributed by atoms with Gasteiger partial charge in [0.15, 0.2) is 0 Å². The molecule has 1 aliphatic rings. The summed E-state index contributed by atoms with van der Waals surface area (Å²) in [7, 11) is 1.44. The van der Waals surface area contributed by atoms with Crippen molar-refractivity contribution in [3.8, 4) is 0 Å². The number of benzene rings is 1. The zero-order chi connectivity index (χ0) is 20.9. The van der Waals surface area contributed by atoms with Gasteiger partial charge in [-0.25, -0.2) is 0 Å². The van der Waals surface area contributed by atoms with E-state index >= 15 is 0 Å². The van der Waals surface area contributed by atoms with E-state index in [-0.39, 0.29) is 23.0 Å². The van der Waals surface area contributed by atoms with Crippen LogP contribution in [-0.2, 0) is 14.4 Å². The minimum absolute atomic E-state index is 0.0244. The zero-order valence-corrected chi connectivity index (χ0v) is 16.5. The summed E-state index contributed by atoms with van der Waals surface area (Å²) in [5.41, 5.74) is 0.899. The molecule has 3 amide bonds. The molecule has 0 atom stereocenters. The Hall–Kier alpha value is -2.23. The molecule has 0 saturated carbocycles. The van der Waals surface area contributed by atoms with Gasteiger partial charge in [-0.05, 0) is 31.0 Å². The van der Waals surface area contributed by atoms with Crippen molar-refractivity contribution in [2.45, 2.75) is 30.8 Å². The number of alkyl halides is 3. The quantitative estimate of drug-likeness (QED) is 0.571. The zero-order valence-electron chi connectivity index (χ0n) is 15.6. The molecule has 1 aromatic rings. The summed E-state index contributed by atoms with van der Waals surface area (Å²) in [6, 6.07) is 4.64. The standard InChI is InChI=1S/C18H22F3N3O3S/c1-12-5-6-14(28-11-18(19,20)21)13(10-12)22-16(26)17(27)23(2)8-9-24-7-3-4-15(24)25/h5-6,10H,3-4,7-9,11H2,1-2H3,(H,22,26). The summed E-state index contributed by atoms with van der Waals surface area (Å²) in [6.45, 7) is 2.90. The molecule has 10 heteroatoms. The Labute approximate surface area is 165 Å². The van der Waals surface area contributed by atoms with Crippen molar-refractivity contribution < 1.29 is 27.6 Å². The summed E-state index contributed by atoms with van der Waals surface area (Å²) in [5, 5.41) is 2.41. The van der Waals surface area contributed by atoms with Crippen LogP contribution in [0.4, 0.5) is 18.9 Å². The van der Waals surface area contributed by atoms with E-state index < -0.39 is 23.7 Å². The number of amides is 3. The van der Waals surface area contributed by atoms with Gasteiger partial charge in [-0.1, -0.05) is 6.07 Å². The molecule has 0 aromatic heterocycles. The van der Waals surface area contributed by atoms with Crippen molar-refractivity contribution in [3.05, 3.63) is 23.8 Å². The van der Waals surface area contributed by atoms with Gasteiger partial charge in [0, 0.05) is 38.0 Å². The average molecular weight is 417 g/mol. The first-order valence-corrected chi connectivity index (χ1v) is 9.70. The summed E-state index contributed by atoms with van der Waals surface area (Å²) in [6.07, 6.45) is -3.08. The Morgan fingerprint density at radius 3 is 2.64 bits per heavy atom. The number of anilines is 1. The molecule has 2 rings (SSSR count). The number of carbonyl (C=O) groups excluding carboxylic acids is 3. The number of nitrogens with zero attached hydrogens (tertiary/aromatic N) is 2. The highest BCUT2D eigenvalue weighted by molar-refractivity contribution is 7.99. The molecular formula is C18H22F3N3O3S. The molecule has 0 bridgehead atoms. The molecule has 0 unspecified atom stereocenters. The van der Waals surface area contributed by atoms with Gasteiger partial charge in [-0.3, -0.25) is 14.4 Å². The number of likely N-dealkylation sites (tertiary alicyclic amines) is 1. The molecule has 1 aromatic carbocycles. The van der Waals surface area contributed by atoms with Gasteiger partial charge in [0.05, 0.1) is 11.4 Å². The first-order valence-electron chi connectivity index (χ1n) is 8.71. The Morgan fingerprint density at radius 2 is 2.04 bits per heavy atom. The first kappa shape index (κ1) is 22.1. The highest BCUT2D eigenvalue weighted by Crippen LogP contribution is 2.32. The molecule has 0 radical (unpaired) electrons. The second kappa shape index (κ2) is 9.31. The number of carbonyl (C=O) groups is 3. The molecule has 1 heterocycles. The second-order valence-electron chi connectivity index (χ2n) is 6.57. The van der Waals surface area contributed by atoms with Crippen LogP contribution in [-0.4, -0.2) is 66.1 Å². The fraction of sp³-hybridized carbons (Fsp3) is 0.500. The molecule has 0 spiro atoms. The van der Waals surface area contributed by atoms with E-state index in [9.17, 15) is 27.6 Å². The van der Waals surface area contributed by atoms with Crippen molar-refractivity contribution >= 4 is 35.2 Å². The van der Waals surface area contributed by atoms with Crippen molar-refractivity contribution in [3.63, 3.8) is 0 Å². The van der Waals surface area contributed by atoms with E-state index in [0.717, 1.165) is 12.0 Å². The van der Waals surface area contributed by atoms with Crippen LogP contribution >= 0.6 is 11.8 Å². The van der Waals surface area contributed by atoms with Crippen LogP contribution in [0.15, 0.2) is 23.1 Å². The normalized spacial score (nSPS) is 14.3. The van der Waals surface area contributed by atoms with Gasteiger partial charge >= 0.3 is 18.0 Å². The van der Waals surface area contributed by atoms with E-state index in [1.165, 1.54) is 24.1 Å². The molecular weight excluding hydrogens is 395 g/mol. The predicted octanol–water partition coefficient (Wildman–Crippen LogP) is 2.67. The lowest BCUT2D eigenvalue weighted by Crippen LogP contribution is -2.41. The molecule has 154 valence electrons. The van der Waals surface area contributed by atoms with Crippen molar-refractivity contribution in [2.75, 3.05) is 37.8 Å². The van der Waals surface area contributed by atoms with Gasteiger partial charge in [-0.15, -0.1) is 11.8 Å². The third-order valence-electron chi connectivity index (χ3n) is 4.19. The van der Waals surface area contributed by atoms with Crippen LogP contribution in [0.25, 0.3) is 0 Å². The Bertz CT molecular complexity index is 755. The number of nitrogens with one attached hydrogen (secondary N) is 1. The third kappa shape index (κ3) is 6.43. The number of aryl methyl sites for hydroxylation is 1. The number of halogens is 3. The fourth-order valence-corrected chi connectivity index (χ4v) is 3.44. The van der Waals surface area contributed by atoms with Gasteiger partial charge < -0.3 is 15.1 Å². The number of hydrogen-bond acceptors (Lipinski definition) is 4. The van der Waals surface area contributed by atoms with E-state index in [1.807, 2.05) is 0 Å². The summed E-state index contributed by atoms with van der Waals surface area (Å²) in [4.78, 5) is 39.2. The Morgan fingerprint density at radius 1 is 1.32 bits per heavy atom. The molecule has 1 N–H and O–H groups in total. The number of rotatable bonds is 6. The van der Waals surface area contributed by atoms with Crippen molar-refractivity contribution in [2.24, 2.45) is 0 Å². The van der Waals surface area contributed by atoms with E-state index in [0.29, 0.717) is 31.3 Å². The summed E-state index contributed by atoms with van der Waals surface area (Å²) in [5.74, 6) is -2.83. The maximum atomic E-state index is 12.5. The van der Waals surface area contributed by atoms with E-state index in [2.05, 4.69) is 5.32 Å². The van der Waals surface area contributed by atoms with E-state index in [1.54, 1.807) is 17.9 Å². The van der Waals surface area contributed by atoms with Crippen LogP contribution < -0.4 is 5.32 Å². The van der Waals surface area contributed by atoms with Crippen molar-refractivity contribution in [1.82, 2.24) is 9.80 Å². The molecule has 28 heavy (non-hydrogen) atoms. The van der Waals surface area contributed by atoms with Crippen molar-refractivity contribution in [1.29, 1.82) is 0 Å². The topological polar surface area (TPSA) is 69.7 Å². The van der Waals surface area contributed by atoms with Crippen LogP contribution in [0.3, 0.4) is 0 Å². The maximum absolute atomic E-state index is 12.5. The number of hydrogen-bond donors (Lipinski definition) is 1. The Kier molecular flexibility index (Phi) is 7.34. The third-order valence-corrected chi connectivity index (χ3v) is 5.33. The van der Waals surface area contributed by atoms with Crippen LogP contribution in [0.5, 0.6) is 0 Å². The minimum atomic E-state index is -4.35. The molecule has 1 saturated heterocycles. The van der Waals surface area contributed by atoms with Gasteiger partial charge in [0.25, 0.3) is 0 Å². The smallest absolute Gasteiger partial charge is 0.341 e. The molecule has 6 nitrogen and oxygen atoms in total. The SMILES string of the molecule is Cc1ccc(SCC(F)(F)F)c(NC(=O)C(=O)N(C)CCN2CCCC2=O)c1. The molecule has 0 aliphatic carbocycles. The minimum Gasteiger partial charge on any atom is -0.341 e. The van der Waals surface area contributed by atoms with Crippen LogP contribution in [0.2, 0.25) is 0 Å². The maximum Gasteiger partial charge on any atom is 0.398 e. The van der Waals surface area contributed by atoms with Crippen LogP contribution in [0.1, 0.15) is 18.4 Å². The van der Waals surface area contributed by atoms with Gasteiger partial charge in [-0.2, -0.15) is 13.2 Å². The number of likely N-dealkylation sites (N-methyl/N-ethyl adjacent to an activating group) is 1. The van der Waals surface area contributed by atoms with Gasteiger partial charge in [0.1, 0.15) is 0 Å². The lowest BCUT2D eigenvalue weighted by molar-refractivity contribution is -0.142.